The van der Waals surface area contributed by atoms with Crippen LogP contribution in [0.2, 0.25) is 0 Å². The van der Waals surface area contributed by atoms with Gasteiger partial charge < -0.3 is 57.8 Å². The summed E-state index contributed by atoms with van der Waals surface area (Å²) < 4.78 is 59.5. The Morgan fingerprint density at radius 1 is 0.192 bits per heavy atom. The van der Waals surface area contributed by atoms with E-state index in [1.54, 1.807) is 182 Å². The number of phenols is 6. The van der Waals surface area contributed by atoms with Crippen LogP contribution in [0.15, 0.2) is 232 Å². The van der Waals surface area contributed by atoms with Gasteiger partial charge in [0.1, 0.15) is 69.0 Å². The molecule has 13 rings (SSSR count). The van der Waals surface area contributed by atoms with Gasteiger partial charge in [0.25, 0.3) is 0 Å². The molecule has 0 bridgehead atoms. The first-order chi connectivity index (χ1) is 37.8. The van der Waals surface area contributed by atoms with Crippen molar-refractivity contribution in [3.8, 4) is 69.0 Å². The normalized spacial score (nSPS) is 14.3. The molecule has 0 unspecified atom stereocenters. The van der Waals surface area contributed by atoms with Crippen LogP contribution < -0.4 is 27.1 Å². The number of hydrogen-bond donors (Lipinski definition) is 6. The van der Waals surface area contributed by atoms with Crippen LogP contribution in [0, 0.1) is 0 Å². The maximum Gasteiger partial charge on any atom is 0.460 e. The summed E-state index contributed by atoms with van der Waals surface area (Å²) in [6.07, 6.45) is 0. The molecule has 0 saturated heterocycles. The van der Waals surface area contributed by atoms with Crippen LogP contribution in [0.3, 0.4) is 0 Å². The second kappa shape index (κ2) is 18.9. The summed E-state index contributed by atoms with van der Waals surface area (Å²) in [5.41, 5.74) is 0. The summed E-state index contributed by atoms with van der Waals surface area (Å²) in [5.74, 6) is 1.25. The fourth-order valence-electron chi connectivity index (χ4n) is 9.20. The topological polar surface area (TPSA) is 214 Å². The van der Waals surface area contributed by atoms with Crippen molar-refractivity contribution in [2.45, 2.75) is 0 Å². The highest BCUT2D eigenvalue weighted by Gasteiger charge is 2.49. The number of rotatable bonds is 12. The number of benzene rings is 12. The van der Waals surface area contributed by atoms with Crippen molar-refractivity contribution in [3.63, 3.8) is 0 Å². The number of fused-ring (bicyclic) bond motifs is 6. The summed E-state index contributed by atoms with van der Waals surface area (Å²) in [7, 11) is -13.7. The van der Waals surface area contributed by atoms with E-state index < -0.39 is 23.0 Å². The Bertz CT molecular complexity index is 3880. The summed E-state index contributed by atoms with van der Waals surface area (Å²) in [4.78, 5) is 0. The number of nitrogens with zero attached hydrogens (tertiary/aromatic N) is 3. The Kier molecular flexibility index (Phi) is 11.7. The first-order valence-electron chi connectivity index (χ1n) is 24.2. The molecule has 0 atom stereocenters. The van der Waals surface area contributed by atoms with E-state index in [0.717, 1.165) is 32.3 Å². The quantitative estimate of drug-likeness (QED) is 0.0631. The largest absolute Gasteiger partial charge is 0.508 e. The third-order valence-corrected chi connectivity index (χ3v) is 20.9. The minimum absolute atomic E-state index is 0.0176. The zero-order valence-corrected chi connectivity index (χ0v) is 43.3. The predicted octanol–water partition coefficient (Wildman–Crippen LogP) is 17.5. The predicted molar refractivity (Wildman–Crippen MR) is 305 cm³/mol. The maximum atomic E-state index is 10.7. The highest BCUT2D eigenvalue weighted by molar-refractivity contribution is 7.79. The molecular formula is C60H42N3O12P3. The SMILES string of the molecule is Oc1ccc2ccc(OP3(Oc4ccc5ccc(O)cc5c4)=NP(Oc4ccc5ccc(O)cc5c4)(Oc4ccc5ccc(O)cc5c4)=NP(Oc4ccc5ccc(O)cc5c4)(Oc4ccc5ccc(O)cc5c4)=N3)cc2c1. The number of aromatic hydroxyl groups is 6. The Balaban J connectivity index is 1.14. The van der Waals surface area contributed by atoms with Gasteiger partial charge in [0, 0.05) is 0 Å². The van der Waals surface area contributed by atoms with Crippen molar-refractivity contribution in [2.24, 2.45) is 13.5 Å². The molecule has 384 valence electrons. The van der Waals surface area contributed by atoms with Crippen LogP contribution >= 0.6 is 23.0 Å². The van der Waals surface area contributed by atoms with Crippen LogP contribution in [-0.4, -0.2) is 30.6 Å². The molecule has 1 heterocycles. The van der Waals surface area contributed by atoms with Gasteiger partial charge in [-0.05, 0) is 210 Å². The highest BCUT2D eigenvalue weighted by Crippen LogP contribution is 2.79. The van der Waals surface area contributed by atoms with Crippen molar-refractivity contribution < 1.29 is 57.8 Å². The smallest absolute Gasteiger partial charge is 0.460 e. The van der Waals surface area contributed by atoms with Gasteiger partial charge in [-0.3, -0.25) is 0 Å². The van der Waals surface area contributed by atoms with E-state index in [9.17, 15) is 30.6 Å². The molecule has 78 heavy (non-hydrogen) atoms. The van der Waals surface area contributed by atoms with Crippen LogP contribution in [0.25, 0.3) is 64.6 Å². The monoisotopic (exact) mass is 1090 g/mol. The molecule has 0 saturated carbocycles. The lowest BCUT2D eigenvalue weighted by molar-refractivity contribution is 0.443. The van der Waals surface area contributed by atoms with Crippen molar-refractivity contribution in [3.05, 3.63) is 218 Å². The number of phenolic OH excluding ortho intramolecular Hbond substituents is 6. The molecular weight excluding hydrogens is 1050 g/mol. The third-order valence-electron chi connectivity index (χ3n) is 12.8. The standard InChI is InChI=1S/C60H42N3O12P3/c64-49-13-1-37-7-19-55(31-43(37)25-49)70-76(71-56-20-8-38-2-14-50(65)26-44(38)32-56)61-77(72-57-21-9-39-3-15-51(66)27-45(39)33-57,73-58-22-10-40-4-16-52(67)28-46(40)34-58)63-78(62-76,74-59-23-11-41-5-17-53(68)29-47(41)35-59)75-60-24-12-42-6-18-54(69)30-48(42)36-60/h1-36,64-69H. The maximum absolute atomic E-state index is 10.7. The number of hydrogen-bond acceptors (Lipinski definition) is 15. The van der Waals surface area contributed by atoms with Gasteiger partial charge in [0.15, 0.2) is 0 Å². The van der Waals surface area contributed by atoms with Gasteiger partial charge in [0.2, 0.25) is 0 Å². The van der Waals surface area contributed by atoms with Crippen molar-refractivity contribution in [1.29, 1.82) is 0 Å². The molecule has 12 aromatic rings. The molecule has 0 radical (unpaired) electrons. The lowest BCUT2D eigenvalue weighted by Crippen LogP contribution is -2.11. The van der Waals surface area contributed by atoms with Crippen molar-refractivity contribution in [1.82, 2.24) is 0 Å². The molecule has 0 aromatic heterocycles. The van der Waals surface area contributed by atoms with Gasteiger partial charge in [-0.15, -0.1) is 0 Å². The van der Waals surface area contributed by atoms with Gasteiger partial charge in [-0.25, -0.2) is 0 Å². The Morgan fingerprint density at radius 3 is 0.513 bits per heavy atom. The molecule has 18 heteroatoms. The lowest BCUT2D eigenvalue weighted by Gasteiger charge is -2.33. The van der Waals surface area contributed by atoms with Gasteiger partial charge >= 0.3 is 23.0 Å². The molecule has 0 fully saturated rings. The zero-order chi connectivity index (χ0) is 53.2. The van der Waals surface area contributed by atoms with E-state index in [4.69, 9.17) is 40.7 Å². The summed E-state index contributed by atoms with van der Waals surface area (Å²) in [6, 6.07) is 61.0. The average Bonchev–Trinajstić information content (AvgIpc) is 3.54. The third kappa shape index (κ3) is 9.81. The molecule has 12 aromatic carbocycles. The van der Waals surface area contributed by atoms with Crippen molar-refractivity contribution >= 4 is 87.6 Å². The molecule has 0 aliphatic carbocycles. The average molecular weight is 1090 g/mol. The van der Waals surface area contributed by atoms with Crippen LogP contribution in [0.4, 0.5) is 0 Å². The lowest BCUT2D eigenvalue weighted by atomic mass is 10.1. The van der Waals surface area contributed by atoms with Crippen LogP contribution in [-0.2, 0) is 0 Å². The van der Waals surface area contributed by atoms with E-state index in [0.29, 0.717) is 32.3 Å². The fraction of sp³-hybridized carbons (Fsp3) is 0. The molecule has 1 aliphatic heterocycles. The minimum atomic E-state index is -4.56. The van der Waals surface area contributed by atoms with Crippen molar-refractivity contribution in [2.75, 3.05) is 0 Å². The molecule has 1 aliphatic rings. The Morgan fingerprint density at radius 2 is 0.346 bits per heavy atom. The minimum Gasteiger partial charge on any atom is -0.508 e. The fourth-order valence-corrected chi connectivity index (χ4v) is 18.2. The first-order valence-corrected chi connectivity index (χ1v) is 28.8. The van der Waals surface area contributed by atoms with Gasteiger partial charge in [-0.1, -0.05) is 86.3 Å². The van der Waals surface area contributed by atoms with E-state index >= 15 is 0 Å². The van der Waals surface area contributed by atoms with Crippen LogP contribution in [0.1, 0.15) is 0 Å². The Hall–Kier alpha value is -9.51. The molecule has 0 amide bonds. The van der Waals surface area contributed by atoms with E-state index in [2.05, 4.69) is 0 Å². The summed E-state index contributed by atoms with van der Waals surface area (Å²) in [5, 5.41) is 72.4. The summed E-state index contributed by atoms with van der Waals surface area (Å²) in [6.45, 7) is 0. The first kappa shape index (κ1) is 48.2. The summed E-state index contributed by atoms with van der Waals surface area (Å²) >= 11 is 0. The van der Waals surface area contributed by atoms with Gasteiger partial charge in [0.05, 0.1) is 0 Å². The van der Waals surface area contributed by atoms with Gasteiger partial charge in [-0.2, -0.15) is 0 Å². The Labute approximate surface area is 444 Å². The van der Waals surface area contributed by atoms with E-state index in [-0.39, 0.29) is 69.0 Å². The van der Waals surface area contributed by atoms with Crippen LogP contribution in [0.5, 0.6) is 69.0 Å². The highest BCUT2D eigenvalue weighted by atomic mass is 31.3. The van der Waals surface area contributed by atoms with E-state index in [1.807, 2.05) is 36.4 Å². The second-order valence-corrected chi connectivity index (χ2v) is 24.6. The molecule has 15 nitrogen and oxygen atoms in total. The second-order valence-electron chi connectivity index (χ2n) is 18.4. The molecule has 0 spiro atoms. The molecule has 6 N–H and O–H groups in total. The zero-order valence-electron chi connectivity index (χ0n) is 40.6. The van der Waals surface area contributed by atoms with E-state index in [1.165, 1.54) is 0 Å².